The summed E-state index contributed by atoms with van der Waals surface area (Å²) in [6, 6.07) is 9.71. The first-order valence-electron chi connectivity index (χ1n) is 6.13. The van der Waals surface area contributed by atoms with Crippen LogP contribution < -0.4 is 9.46 Å². The Hall–Kier alpha value is -1.79. The third-order valence-electron chi connectivity index (χ3n) is 2.60. The minimum absolute atomic E-state index is 0.132. The molecule has 0 aliphatic carbocycles. The quantitative estimate of drug-likeness (QED) is 0.910. The molecule has 0 saturated carbocycles. The van der Waals surface area contributed by atoms with Gasteiger partial charge >= 0.3 is 0 Å². The van der Waals surface area contributed by atoms with Gasteiger partial charge in [-0.15, -0.1) is 0 Å². The van der Waals surface area contributed by atoms with Gasteiger partial charge < -0.3 is 4.74 Å². The fourth-order valence-electron chi connectivity index (χ4n) is 1.69. The molecule has 0 unspecified atom stereocenters. The van der Waals surface area contributed by atoms with Gasteiger partial charge in [-0.3, -0.25) is 4.72 Å². The summed E-state index contributed by atoms with van der Waals surface area (Å²) < 4.78 is 45.5. The van der Waals surface area contributed by atoms with Crippen LogP contribution in [0.15, 0.2) is 47.4 Å². The molecule has 0 aliphatic rings. The number of hydrogen-bond acceptors (Lipinski definition) is 3. The monoisotopic (exact) mass is 329 g/mol. The normalized spacial score (nSPS) is 11.2. The fraction of sp³-hybridized carbons (Fsp3) is 0.143. The number of hydrogen-bond donors (Lipinski definition) is 1. The summed E-state index contributed by atoms with van der Waals surface area (Å²) in [5.74, 6) is -0.279. The van der Waals surface area contributed by atoms with E-state index in [9.17, 15) is 12.8 Å². The van der Waals surface area contributed by atoms with Crippen molar-refractivity contribution in [2.75, 3.05) is 11.3 Å². The second-order valence-electron chi connectivity index (χ2n) is 4.14. The van der Waals surface area contributed by atoms with Gasteiger partial charge in [-0.2, -0.15) is 0 Å². The highest BCUT2D eigenvalue weighted by Gasteiger charge is 2.19. The van der Waals surface area contributed by atoms with Crippen LogP contribution in [0.25, 0.3) is 0 Å². The lowest BCUT2D eigenvalue weighted by Crippen LogP contribution is -2.14. The van der Waals surface area contributed by atoms with E-state index in [4.69, 9.17) is 16.3 Å². The number of anilines is 1. The summed E-state index contributed by atoms with van der Waals surface area (Å²) in [6.07, 6.45) is 0. The highest BCUT2D eigenvalue weighted by Crippen LogP contribution is 2.23. The van der Waals surface area contributed by atoms with Gasteiger partial charge in [0.1, 0.15) is 16.5 Å². The molecular formula is C14H13ClFNO3S. The van der Waals surface area contributed by atoms with Crippen molar-refractivity contribution in [1.29, 1.82) is 0 Å². The van der Waals surface area contributed by atoms with Crippen molar-refractivity contribution in [3.05, 3.63) is 53.3 Å². The van der Waals surface area contributed by atoms with Gasteiger partial charge in [0.15, 0.2) is 0 Å². The van der Waals surface area contributed by atoms with Crippen LogP contribution in [-0.4, -0.2) is 15.0 Å². The molecule has 0 fully saturated rings. The molecule has 2 aromatic rings. The van der Waals surface area contributed by atoms with E-state index >= 15 is 0 Å². The number of nitrogens with one attached hydrogen (secondary N) is 1. The molecule has 4 nitrogen and oxygen atoms in total. The number of benzene rings is 2. The summed E-state index contributed by atoms with van der Waals surface area (Å²) in [5.41, 5.74) is 0.313. The molecule has 1 N–H and O–H groups in total. The first kappa shape index (κ1) is 15.6. The van der Waals surface area contributed by atoms with E-state index in [2.05, 4.69) is 4.72 Å². The van der Waals surface area contributed by atoms with Crippen molar-refractivity contribution >= 4 is 27.3 Å². The van der Waals surface area contributed by atoms with Crippen molar-refractivity contribution in [2.24, 2.45) is 0 Å². The van der Waals surface area contributed by atoms with Crippen molar-refractivity contribution in [1.82, 2.24) is 0 Å². The topological polar surface area (TPSA) is 55.4 Å². The largest absolute Gasteiger partial charge is 0.494 e. The molecule has 0 saturated heterocycles. The molecule has 2 aromatic carbocycles. The van der Waals surface area contributed by atoms with E-state index in [1.54, 1.807) is 12.1 Å². The van der Waals surface area contributed by atoms with Crippen LogP contribution in [-0.2, 0) is 10.0 Å². The van der Waals surface area contributed by atoms with E-state index in [1.165, 1.54) is 18.2 Å². The zero-order chi connectivity index (χ0) is 15.5. The molecule has 2 rings (SSSR count). The lowest BCUT2D eigenvalue weighted by Gasteiger charge is -2.10. The first-order valence-corrected chi connectivity index (χ1v) is 7.99. The third-order valence-corrected chi connectivity index (χ3v) is 4.25. The maximum absolute atomic E-state index is 13.7. The molecule has 0 atom stereocenters. The Morgan fingerprint density at radius 3 is 2.43 bits per heavy atom. The molecule has 0 amide bonds. The Morgan fingerprint density at radius 1 is 1.19 bits per heavy atom. The van der Waals surface area contributed by atoms with E-state index < -0.39 is 20.7 Å². The zero-order valence-corrected chi connectivity index (χ0v) is 12.7. The van der Waals surface area contributed by atoms with Gasteiger partial charge in [-0.25, -0.2) is 12.8 Å². The average molecular weight is 330 g/mol. The summed E-state index contributed by atoms with van der Waals surface area (Å²) in [5, 5.41) is 0.132. The van der Waals surface area contributed by atoms with Crippen molar-refractivity contribution in [3.8, 4) is 5.75 Å². The lowest BCUT2D eigenvalue weighted by molar-refractivity contribution is 0.340. The van der Waals surface area contributed by atoms with Gasteiger partial charge in [0, 0.05) is 10.7 Å². The molecule has 0 heterocycles. The number of rotatable bonds is 5. The van der Waals surface area contributed by atoms with E-state index in [-0.39, 0.29) is 5.02 Å². The molecule has 0 aromatic heterocycles. The minimum Gasteiger partial charge on any atom is -0.494 e. The Kier molecular flexibility index (Phi) is 4.69. The molecule has 0 aliphatic heterocycles. The third kappa shape index (κ3) is 3.86. The minimum atomic E-state index is -4.01. The Balaban J connectivity index is 2.24. The van der Waals surface area contributed by atoms with Crippen molar-refractivity contribution in [2.45, 2.75) is 11.8 Å². The van der Waals surface area contributed by atoms with E-state index in [0.29, 0.717) is 18.0 Å². The maximum Gasteiger partial charge on any atom is 0.264 e. The summed E-state index contributed by atoms with van der Waals surface area (Å²) >= 11 is 5.61. The van der Waals surface area contributed by atoms with Crippen LogP contribution in [0.1, 0.15) is 6.92 Å². The molecule has 0 bridgehead atoms. The van der Waals surface area contributed by atoms with Crippen LogP contribution >= 0.6 is 11.6 Å². The Labute approximate surface area is 127 Å². The van der Waals surface area contributed by atoms with Gasteiger partial charge in [0.2, 0.25) is 0 Å². The van der Waals surface area contributed by atoms with Crippen molar-refractivity contribution in [3.63, 3.8) is 0 Å². The average Bonchev–Trinajstić information content (AvgIpc) is 2.40. The predicted molar refractivity (Wildman–Crippen MR) is 79.8 cm³/mol. The first-order chi connectivity index (χ1) is 9.92. The predicted octanol–water partition coefficient (Wildman–Crippen LogP) is 3.68. The molecule has 0 spiro atoms. The molecule has 21 heavy (non-hydrogen) atoms. The number of sulfonamides is 1. The van der Waals surface area contributed by atoms with Crippen LogP contribution in [0, 0.1) is 5.82 Å². The molecule has 7 heteroatoms. The second kappa shape index (κ2) is 6.32. The van der Waals surface area contributed by atoms with Crippen LogP contribution in [0.4, 0.5) is 10.1 Å². The zero-order valence-electron chi connectivity index (χ0n) is 11.1. The number of halogens is 2. The van der Waals surface area contributed by atoms with E-state index in [0.717, 1.165) is 12.1 Å². The summed E-state index contributed by atoms with van der Waals surface area (Å²) in [4.78, 5) is -0.458. The summed E-state index contributed by atoms with van der Waals surface area (Å²) in [6.45, 7) is 2.36. The van der Waals surface area contributed by atoms with Gasteiger partial charge in [0.05, 0.1) is 6.61 Å². The Bertz CT molecular complexity index is 732. The highest BCUT2D eigenvalue weighted by atomic mass is 35.5. The standard InChI is InChI=1S/C14H13ClFNO3S/c1-2-20-12-6-4-11(5-7-12)17-21(18,19)14-8-3-10(15)9-13(14)16/h3-9,17H,2H2,1H3. The van der Waals surface area contributed by atoms with Gasteiger partial charge in [-0.1, -0.05) is 11.6 Å². The van der Waals surface area contributed by atoms with Crippen LogP contribution in [0.5, 0.6) is 5.75 Å². The van der Waals surface area contributed by atoms with Gasteiger partial charge in [0.25, 0.3) is 10.0 Å². The van der Waals surface area contributed by atoms with Gasteiger partial charge in [-0.05, 0) is 49.4 Å². The fourth-order valence-corrected chi connectivity index (χ4v) is 2.97. The van der Waals surface area contributed by atoms with E-state index in [1.807, 2.05) is 6.92 Å². The van der Waals surface area contributed by atoms with Crippen LogP contribution in [0.3, 0.4) is 0 Å². The van der Waals surface area contributed by atoms with Crippen molar-refractivity contribution < 1.29 is 17.5 Å². The highest BCUT2D eigenvalue weighted by molar-refractivity contribution is 7.92. The summed E-state index contributed by atoms with van der Waals surface area (Å²) in [7, 11) is -4.01. The smallest absolute Gasteiger partial charge is 0.264 e. The Morgan fingerprint density at radius 2 is 1.86 bits per heavy atom. The molecule has 0 radical (unpaired) electrons. The maximum atomic E-state index is 13.7. The lowest BCUT2D eigenvalue weighted by atomic mass is 10.3. The molecular weight excluding hydrogens is 317 g/mol. The molecule has 112 valence electrons. The second-order valence-corrected chi connectivity index (χ2v) is 6.22. The SMILES string of the molecule is CCOc1ccc(NS(=O)(=O)c2ccc(Cl)cc2F)cc1. The number of ether oxygens (including phenoxy) is 1. The van der Waals surface area contributed by atoms with Crippen LogP contribution in [0.2, 0.25) is 5.02 Å².